The third-order valence-electron chi connectivity index (χ3n) is 2.36. The van der Waals surface area contributed by atoms with Gasteiger partial charge in [0, 0.05) is 0 Å². The number of rotatable bonds is 2. The van der Waals surface area contributed by atoms with Gasteiger partial charge in [-0.25, -0.2) is 9.78 Å². The van der Waals surface area contributed by atoms with E-state index in [0.717, 1.165) is 25.0 Å². The van der Waals surface area contributed by atoms with Crippen LogP contribution in [0.2, 0.25) is 0 Å². The lowest BCUT2D eigenvalue weighted by Gasteiger charge is -2.28. The minimum Gasteiger partial charge on any atom is -0.236 e. The molecular formula is C8H16O2. The number of hydrogen-bond acceptors (Lipinski definition) is 2. The summed E-state index contributed by atoms with van der Waals surface area (Å²) in [5, 5.41) is 0. The molecule has 0 saturated carbocycles. The summed E-state index contributed by atoms with van der Waals surface area (Å²) in [6, 6.07) is 0. The van der Waals surface area contributed by atoms with Crippen LogP contribution < -0.4 is 0 Å². The minimum absolute atomic E-state index is 0.721. The highest BCUT2D eigenvalue weighted by molar-refractivity contribution is 4.68. The standard InChI is InChI=1S/C8H16O2/c1-3-7-5-9-10-6-8(7)4-2/h7-8H,3-6H2,1-2H3. The molecule has 1 aliphatic heterocycles. The molecule has 10 heavy (non-hydrogen) atoms. The van der Waals surface area contributed by atoms with Crippen molar-refractivity contribution < 1.29 is 9.78 Å². The third kappa shape index (κ3) is 1.70. The molecule has 0 aromatic heterocycles. The van der Waals surface area contributed by atoms with Gasteiger partial charge in [0.25, 0.3) is 0 Å². The van der Waals surface area contributed by atoms with E-state index in [-0.39, 0.29) is 0 Å². The molecule has 1 saturated heterocycles. The quantitative estimate of drug-likeness (QED) is 0.552. The molecule has 1 fully saturated rings. The molecule has 2 heteroatoms. The highest BCUT2D eigenvalue weighted by Crippen LogP contribution is 2.23. The largest absolute Gasteiger partial charge is 0.236 e. The van der Waals surface area contributed by atoms with Crippen LogP contribution in [0.15, 0.2) is 0 Å². The van der Waals surface area contributed by atoms with Crippen molar-refractivity contribution >= 4 is 0 Å². The van der Waals surface area contributed by atoms with Crippen LogP contribution >= 0.6 is 0 Å². The molecule has 1 heterocycles. The zero-order valence-corrected chi connectivity index (χ0v) is 6.80. The zero-order valence-electron chi connectivity index (χ0n) is 6.80. The lowest BCUT2D eigenvalue weighted by molar-refractivity contribution is -0.338. The highest BCUT2D eigenvalue weighted by atomic mass is 17.2. The molecule has 0 aliphatic carbocycles. The Bertz CT molecular complexity index is 81.3. The average Bonchev–Trinajstić information content (AvgIpc) is 2.04. The van der Waals surface area contributed by atoms with Crippen molar-refractivity contribution in [1.29, 1.82) is 0 Å². The van der Waals surface area contributed by atoms with E-state index in [0.29, 0.717) is 0 Å². The van der Waals surface area contributed by atoms with Crippen LogP contribution in [0.25, 0.3) is 0 Å². The maximum absolute atomic E-state index is 4.91. The molecule has 0 bridgehead atoms. The predicted octanol–water partition coefficient (Wildman–Crippen LogP) is 2.00. The Kier molecular flexibility index (Phi) is 3.16. The van der Waals surface area contributed by atoms with Gasteiger partial charge in [0.05, 0.1) is 13.2 Å². The fraction of sp³-hybridized carbons (Fsp3) is 1.00. The van der Waals surface area contributed by atoms with Crippen molar-refractivity contribution in [1.82, 2.24) is 0 Å². The SMILES string of the molecule is CCC1COOCC1CC. The Morgan fingerprint density at radius 2 is 1.40 bits per heavy atom. The fourth-order valence-corrected chi connectivity index (χ4v) is 1.45. The fourth-order valence-electron chi connectivity index (χ4n) is 1.45. The number of hydrogen-bond donors (Lipinski definition) is 0. The first-order valence-corrected chi connectivity index (χ1v) is 4.12. The summed E-state index contributed by atoms with van der Waals surface area (Å²) in [6.45, 7) is 5.99. The smallest absolute Gasteiger partial charge is 0.0853 e. The van der Waals surface area contributed by atoms with Crippen LogP contribution in [0.5, 0.6) is 0 Å². The second-order valence-corrected chi connectivity index (χ2v) is 2.91. The normalized spacial score (nSPS) is 34.2. The van der Waals surface area contributed by atoms with E-state index in [2.05, 4.69) is 13.8 Å². The van der Waals surface area contributed by atoms with Crippen LogP contribution in [-0.4, -0.2) is 13.2 Å². The molecule has 0 N–H and O–H groups in total. The summed E-state index contributed by atoms with van der Waals surface area (Å²) in [5.74, 6) is 1.44. The third-order valence-corrected chi connectivity index (χ3v) is 2.36. The van der Waals surface area contributed by atoms with Crippen LogP contribution in [0.3, 0.4) is 0 Å². The van der Waals surface area contributed by atoms with Crippen molar-refractivity contribution in [3.63, 3.8) is 0 Å². The predicted molar refractivity (Wildman–Crippen MR) is 39.5 cm³/mol. The van der Waals surface area contributed by atoms with E-state index < -0.39 is 0 Å². The van der Waals surface area contributed by atoms with Crippen LogP contribution in [-0.2, 0) is 9.78 Å². The molecule has 2 unspecified atom stereocenters. The Balaban J connectivity index is 2.34. The summed E-state index contributed by atoms with van der Waals surface area (Å²) >= 11 is 0. The monoisotopic (exact) mass is 144 g/mol. The molecule has 60 valence electrons. The molecule has 2 nitrogen and oxygen atoms in total. The van der Waals surface area contributed by atoms with Gasteiger partial charge in [0.1, 0.15) is 0 Å². The first-order valence-electron chi connectivity index (χ1n) is 4.12. The van der Waals surface area contributed by atoms with Crippen molar-refractivity contribution in [3.05, 3.63) is 0 Å². The lowest BCUT2D eigenvalue weighted by atomic mass is 9.89. The van der Waals surface area contributed by atoms with Gasteiger partial charge >= 0.3 is 0 Å². The second-order valence-electron chi connectivity index (χ2n) is 2.91. The first-order chi connectivity index (χ1) is 4.88. The molecule has 0 radical (unpaired) electrons. The molecule has 2 atom stereocenters. The molecule has 0 amide bonds. The summed E-state index contributed by atoms with van der Waals surface area (Å²) < 4.78 is 0. The Morgan fingerprint density at radius 1 is 1.00 bits per heavy atom. The van der Waals surface area contributed by atoms with Gasteiger partial charge in [-0.1, -0.05) is 26.7 Å². The van der Waals surface area contributed by atoms with Crippen molar-refractivity contribution in [2.75, 3.05) is 13.2 Å². The highest BCUT2D eigenvalue weighted by Gasteiger charge is 2.23. The summed E-state index contributed by atoms with van der Waals surface area (Å²) in [7, 11) is 0. The van der Waals surface area contributed by atoms with Gasteiger partial charge in [0.15, 0.2) is 0 Å². The van der Waals surface area contributed by atoms with Crippen molar-refractivity contribution in [2.24, 2.45) is 11.8 Å². The summed E-state index contributed by atoms with van der Waals surface area (Å²) in [4.78, 5) is 9.81. The van der Waals surface area contributed by atoms with Crippen LogP contribution in [0.1, 0.15) is 26.7 Å². The van der Waals surface area contributed by atoms with Crippen LogP contribution in [0.4, 0.5) is 0 Å². The van der Waals surface area contributed by atoms with Crippen molar-refractivity contribution in [3.8, 4) is 0 Å². The van der Waals surface area contributed by atoms with E-state index >= 15 is 0 Å². The maximum Gasteiger partial charge on any atom is 0.0853 e. The Morgan fingerprint density at radius 3 is 1.70 bits per heavy atom. The molecule has 0 aromatic carbocycles. The van der Waals surface area contributed by atoms with Gasteiger partial charge in [-0.2, -0.15) is 0 Å². The minimum atomic E-state index is 0.721. The van der Waals surface area contributed by atoms with Gasteiger partial charge in [-0.15, -0.1) is 0 Å². The summed E-state index contributed by atoms with van der Waals surface area (Å²) in [6.07, 6.45) is 2.42. The molecular weight excluding hydrogens is 128 g/mol. The molecule has 0 aromatic rings. The summed E-state index contributed by atoms with van der Waals surface area (Å²) in [5.41, 5.74) is 0. The van der Waals surface area contributed by atoms with E-state index in [9.17, 15) is 0 Å². The van der Waals surface area contributed by atoms with Gasteiger partial charge in [-0.3, -0.25) is 0 Å². The van der Waals surface area contributed by atoms with Crippen LogP contribution in [0, 0.1) is 11.8 Å². The topological polar surface area (TPSA) is 18.5 Å². The Hall–Kier alpha value is -0.0800. The average molecular weight is 144 g/mol. The van der Waals surface area contributed by atoms with Crippen molar-refractivity contribution in [2.45, 2.75) is 26.7 Å². The van der Waals surface area contributed by atoms with E-state index in [1.807, 2.05) is 0 Å². The van der Waals surface area contributed by atoms with E-state index in [1.54, 1.807) is 0 Å². The lowest BCUT2D eigenvalue weighted by Crippen LogP contribution is -2.29. The Labute approximate surface area is 62.4 Å². The van der Waals surface area contributed by atoms with E-state index in [4.69, 9.17) is 9.78 Å². The molecule has 0 spiro atoms. The van der Waals surface area contributed by atoms with E-state index in [1.165, 1.54) is 12.8 Å². The van der Waals surface area contributed by atoms with Gasteiger partial charge in [0.2, 0.25) is 0 Å². The zero-order chi connectivity index (χ0) is 7.40. The molecule has 1 aliphatic rings. The second kappa shape index (κ2) is 3.94. The molecule has 1 rings (SSSR count). The van der Waals surface area contributed by atoms with Gasteiger partial charge < -0.3 is 0 Å². The van der Waals surface area contributed by atoms with Gasteiger partial charge in [-0.05, 0) is 11.8 Å². The maximum atomic E-state index is 4.91. The first kappa shape index (κ1) is 8.02.